The zero-order valence-corrected chi connectivity index (χ0v) is 17.6. The van der Waals surface area contributed by atoms with Gasteiger partial charge in [0.05, 0.1) is 0 Å². The highest BCUT2D eigenvalue weighted by atomic mass is 35.5. The van der Waals surface area contributed by atoms with Gasteiger partial charge in [-0.2, -0.15) is 0 Å². The van der Waals surface area contributed by atoms with E-state index in [-0.39, 0.29) is 17.7 Å². The number of aromatic nitrogens is 1. The Labute approximate surface area is 174 Å². The highest BCUT2D eigenvalue weighted by Gasteiger charge is 2.39. The summed E-state index contributed by atoms with van der Waals surface area (Å²) in [7, 11) is 1.78. The normalized spacial score (nSPS) is 18.6. The van der Waals surface area contributed by atoms with Crippen LogP contribution >= 0.6 is 11.6 Å². The van der Waals surface area contributed by atoms with Crippen molar-refractivity contribution >= 4 is 40.3 Å². The molecule has 0 bridgehead atoms. The number of nitrogens with one attached hydrogen (secondary N) is 1. The summed E-state index contributed by atoms with van der Waals surface area (Å²) in [4.78, 5) is 39.1. The Bertz CT molecular complexity index is 955. The number of halogens is 1. The van der Waals surface area contributed by atoms with E-state index >= 15 is 0 Å². The number of aliphatic carboxylic acids is 1. The Morgan fingerprint density at radius 3 is 2.69 bits per heavy atom. The van der Waals surface area contributed by atoms with Crippen LogP contribution < -0.4 is 5.32 Å². The standard InChI is InChI=1S/C21H26ClN3O4/c1-4-12(2)18(20(27)25-9-5-6-16(25)21(28)29)23-19(26)17-11-13-10-14(22)7-8-15(13)24(17)3/h7-8,10-12,16,18H,4-6,9H2,1-3H3,(H,23,26)(H,28,29)/t12-,16+,18+/m1/s1. The van der Waals surface area contributed by atoms with Crippen LogP contribution in [0.2, 0.25) is 5.02 Å². The maximum absolute atomic E-state index is 13.2. The van der Waals surface area contributed by atoms with Gasteiger partial charge in [0.1, 0.15) is 17.8 Å². The molecule has 1 aromatic carbocycles. The maximum atomic E-state index is 13.2. The fourth-order valence-electron chi connectivity index (χ4n) is 3.90. The third-order valence-corrected chi connectivity index (χ3v) is 6.06. The van der Waals surface area contributed by atoms with Crippen LogP contribution in [0.1, 0.15) is 43.6 Å². The summed E-state index contributed by atoms with van der Waals surface area (Å²) in [6, 6.07) is 5.51. The number of carboxylic acid groups (broad SMARTS) is 1. The quantitative estimate of drug-likeness (QED) is 0.752. The van der Waals surface area contributed by atoms with Gasteiger partial charge >= 0.3 is 5.97 Å². The van der Waals surface area contributed by atoms with Gasteiger partial charge in [0.2, 0.25) is 5.91 Å². The molecule has 1 fully saturated rings. The van der Waals surface area contributed by atoms with Crippen LogP contribution in [-0.2, 0) is 16.6 Å². The summed E-state index contributed by atoms with van der Waals surface area (Å²) >= 11 is 6.05. The Hall–Kier alpha value is -2.54. The van der Waals surface area contributed by atoms with E-state index in [1.807, 2.05) is 19.9 Å². The minimum absolute atomic E-state index is 0.134. The van der Waals surface area contributed by atoms with Gasteiger partial charge in [-0.3, -0.25) is 9.59 Å². The van der Waals surface area contributed by atoms with Crippen LogP contribution in [0.15, 0.2) is 24.3 Å². The Balaban J connectivity index is 1.87. The van der Waals surface area contributed by atoms with Crippen molar-refractivity contribution in [3.63, 3.8) is 0 Å². The molecule has 1 aliphatic rings. The molecule has 29 heavy (non-hydrogen) atoms. The third kappa shape index (κ3) is 4.10. The van der Waals surface area contributed by atoms with Crippen molar-refractivity contribution < 1.29 is 19.5 Å². The zero-order valence-electron chi connectivity index (χ0n) is 16.8. The summed E-state index contributed by atoms with van der Waals surface area (Å²) in [6.07, 6.45) is 1.76. The molecule has 1 saturated heterocycles. The number of aryl methyl sites for hydroxylation is 1. The summed E-state index contributed by atoms with van der Waals surface area (Å²) < 4.78 is 1.76. The van der Waals surface area contributed by atoms with Crippen molar-refractivity contribution in [1.82, 2.24) is 14.8 Å². The number of benzene rings is 1. The first kappa shape index (κ1) is 21.2. The van der Waals surface area contributed by atoms with Gasteiger partial charge in [-0.05, 0) is 43.0 Å². The average molecular weight is 420 g/mol. The van der Waals surface area contributed by atoms with E-state index in [1.54, 1.807) is 29.8 Å². The molecule has 2 N–H and O–H groups in total. The first-order chi connectivity index (χ1) is 13.7. The van der Waals surface area contributed by atoms with Crippen LogP contribution in [0, 0.1) is 5.92 Å². The van der Waals surface area contributed by atoms with Crippen molar-refractivity contribution in [2.75, 3.05) is 6.54 Å². The van der Waals surface area contributed by atoms with Crippen molar-refractivity contribution in [3.05, 3.63) is 35.0 Å². The summed E-state index contributed by atoms with van der Waals surface area (Å²) in [5, 5.41) is 13.7. The van der Waals surface area contributed by atoms with Crippen molar-refractivity contribution in [1.29, 1.82) is 0 Å². The highest BCUT2D eigenvalue weighted by molar-refractivity contribution is 6.31. The fourth-order valence-corrected chi connectivity index (χ4v) is 4.08. The second-order valence-corrected chi connectivity index (χ2v) is 8.09. The number of hydrogen-bond acceptors (Lipinski definition) is 3. The lowest BCUT2D eigenvalue weighted by Crippen LogP contribution is -2.54. The average Bonchev–Trinajstić information content (AvgIpc) is 3.30. The molecule has 0 saturated carbocycles. The molecule has 7 nitrogen and oxygen atoms in total. The molecular weight excluding hydrogens is 394 g/mol. The minimum Gasteiger partial charge on any atom is -0.480 e. The molecular formula is C21H26ClN3O4. The molecule has 2 heterocycles. The number of carbonyl (C=O) groups is 3. The molecule has 1 aromatic heterocycles. The van der Waals surface area contributed by atoms with E-state index in [0.717, 1.165) is 10.9 Å². The van der Waals surface area contributed by atoms with Crippen LogP contribution in [-0.4, -0.2) is 51.0 Å². The molecule has 2 amide bonds. The second-order valence-electron chi connectivity index (χ2n) is 7.66. The van der Waals surface area contributed by atoms with Gasteiger partial charge in [-0.25, -0.2) is 4.79 Å². The zero-order chi connectivity index (χ0) is 21.3. The number of carbonyl (C=O) groups excluding carboxylic acids is 2. The molecule has 1 aliphatic heterocycles. The van der Waals surface area contributed by atoms with Gasteiger partial charge < -0.3 is 19.9 Å². The van der Waals surface area contributed by atoms with E-state index in [1.165, 1.54) is 4.90 Å². The van der Waals surface area contributed by atoms with Gasteiger partial charge in [-0.15, -0.1) is 0 Å². The largest absolute Gasteiger partial charge is 0.480 e. The van der Waals surface area contributed by atoms with Crippen LogP contribution in [0.4, 0.5) is 0 Å². The molecule has 8 heteroatoms. The number of carboxylic acids is 1. The number of rotatable bonds is 6. The number of likely N-dealkylation sites (tertiary alicyclic amines) is 1. The van der Waals surface area contributed by atoms with E-state index in [4.69, 9.17) is 11.6 Å². The Morgan fingerprint density at radius 2 is 2.03 bits per heavy atom. The predicted molar refractivity (Wildman–Crippen MR) is 111 cm³/mol. The van der Waals surface area contributed by atoms with Crippen LogP contribution in [0.5, 0.6) is 0 Å². The monoisotopic (exact) mass is 419 g/mol. The molecule has 156 valence electrons. The van der Waals surface area contributed by atoms with E-state index < -0.39 is 18.1 Å². The molecule has 0 spiro atoms. The van der Waals surface area contributed by atoms with Gasteiger partial charge in [0, 0.05) is 29.5 Å². The summed E-state index contributed by atoms with van der Waals surface area (Å²) in [6.45, 7) is 4.22. The second kappa shape index (κ2) is 8.45. The topological polar surface area (TPSA) is 91.6 Å². The van der Waals surface area contributed by atoms with Crippen LogP contribution in [0.25, 0.3) is 10.9 Å². The van der Waals surface area contributed by atoms with Crippen LogP contribution in [0.3, 0.4) is 0 Å². The fraction of sp³-hybridized carbons (Fsp3) is 0.476. The van der Waals surface area contributed by atoms with Crippen molar-refractivity contribution in [2.24, 2.45) is 13.0 Å². The van der Waals surface area contributed by atoms with Gasteiger partial charge in [0.25, 0.3) is 5.91 Å². The Morgan fingerprint density at radius 1 is 1.31 bits per heavy atom. The van der Waals surface area contributed by atoms with E-state index in [0.29, 0.717) is 36.5 Å². The number of amides is 2. The van der Waals surface area contributed by atoms with Crippen molar-refractivity contribution in [3.8, 4) is 0 Å². The number of hydrogen-bond donors (Lipinski definition) is 2. The minimum atomic E-state index is -1.00. The lowest BCUT2D eigenvalue weighted by molar-refractivity contribution is -0.149. The number of fused-ring (bicyclic) bond motifs is 1. The van der Waals surface area contributed by atoms with Crippen molar-refractivity contribution in [2.45, 2.75) is 45.2 Å². The molecule has 0 radical (unpaired) electrons. The summed E-state index contributed by atoms with van der Waals surface area (Å²) in [5.74, 6) is -1.84. The molecule has 3 atom stereocenters. The smallest absolute Gasteiger partial charge is 0.326 e. The Kier molecular flexibility index (Phi) is 6.17. The van der Waals surface area contributed by atoms with Gasteiger partial charge in [0.15, 0.2) is 0 Å². The summed E-state index contributed by atoms with van der Waals surface area (Å²) in [5.41, 5.74) is 1.27. The first-order valence-corrected chi connectivity index (χ1v) is 10.2. The molecule has 0 aliphatic carbocycles. The SMILES string of the molecule is CC[C@@H](C)[C@H](NC(=O)c1cc2cc(Cl)ccc2n1C)C(=O)N1CCC[C@H]1C(=O)O. The lowest BCUT2D eigenvalue weighted by atomic mass is 9.97. The first-order valence-electron chi connectivity index (χ1n) is 9.83. The van der Waals surface area contributed by atoms with E-state index in [9.17, 15) is 19.5 Å². The highest BCUT2D eigenvalue weighted by Crippen LogP contribution is 2.24. The molecule has 0 unspecified atom stereocenters. The van der Waals surface area contributed by atoms with Gasteiger partial charge in [-0.1, -0.05) is 31.9 Å². The number of nitrogens with zero attached hydrogens (tertiary/aromatic N) is 2. The van der Waals surface area contributed by atoms with E-state index in [2.05, 4.69) is 5.32 Å². The molecule has 3 rings (SSSR count). The molecule has 2 aromatic rings. The predicted octanol–water partition coefficient (Wildman–Crippen LogP) is 3.05. The lowest BCUT2D eigenvalue weighted by Gasteiger charge is -2.30. The third-order valence-electron chi connectivity index (χ3n) is 5.82. The maximum Gasteiger partial charge on any atom is 0.326 e.